The van der Waals surface area contributed by atoms with Crippen molar-refractivity contribution in [2.45, 2.75) is 13.8 Å². The van der Waals surface area contributed by atoms with Gasteiger partial charge < -0.3 is 5.73 Å². The van der Waals surface area contributed by atoms with Gasteiger partial charge in [0.2, 0.25) is 0 Å². The van der Waals surface area contributed by atoms with Gasteiger partial charge in [-0.05, 0) is 23.6 Å². The van der Waals surface area contributed by atoms with Gasteiger partial charge in [-0.3, -0.25) is 4.99 Å². The third-order valence-corrected chi connectivity index (χ3v) is 2.36. The summed E-state index contributed by atoms with van der Waals surface area (Å²) in [4.78, 5) is 4.35. The van der Waals surface area contributed by atoms with Crippen LogP contribution in [0.4, 0.5) is 5.69 Å². The highest BCUT2D eigenvalue weighted by Crippen LogP contribution is 2.16. The Morgan fingerprint density at radius 2 is 1.94 bits per heavy atom. The third kappa shape index (κ3) is 3.39. The van der Waals surface area contributed by atoms with Crippen LogP contribution in [0.3, 0.4) is 0 Å². The van der Waals surface area contributed by atoms with Crippen molar-refractivity contribution in [2.24, 2.45) is 16.6 Å². The van der Waals surface area contributed by atoms with Crippen LogP contribution in [-0.2, 0) is 0 Å². The second-order valence-corrected chi connectivity index (χ2v) is 3.90. The topological polar surface area (TPSA) is 38.4 Å². The SMILES string of the molecule is C=C(C(C=Nc1ccccc1)=CN)C(C)C. The summed E-state index contributed by atoms with van der Waals surface area (Å²) >= 11 is 0. The highest BCUT2D eigenvalue weighted by molar-refractivity contribution is 5.86. The second kappa shape index (κ2) is 5.91. The van der Waals surface area contributed by atoms with Crippen molar-refractivity contribution in [3.63, 3.8) is 0 Å². The number of para-hydroxylation sites is 1. The molecule has 84 valence electrons. The molecule has 0 amide bonds. The molecular formula is C14H18N2. The van der Waals surface area contributed by atoms with Gasteiger partial charge >= 0.3 is 0 Å². The van der Waals surface area contributed by atoms with Crippen LogP contribution >= 0.6 is 0 Å². The quantitative estimate of drug-likeness (QED) is 0.605. The van der Waals surface area contributed by atoms with Gasteiger partial charge in [-0.15, -0.1) is 0 Å². The molecule has 2 heteroatoms. The number of allylic oxidation sites excluding steroid dienone is 2. The highest BCUT2D eigenvalue weighted by Gasteiger charge is 2.03. The normalized spacial score (nSPS) is 12.3. The average Bonchev–Trinajstić information content (AvgIpc) is 2.30. The van der Waals surface area contributed by atoms with E-state index < -0.39 is 0 Å². The van der Waals surface area contributed by atoms with E-state index in [1.54, 1.807) is 12.4 Å². The van der Waals surface area contributed by atoms with Crippen molar-refractivity contribution in [3.8, 4) is 0 Å². The molecule has 2 N–H and O–H groups in total. The van der Waals surface area contributed by atoms with E-state index in [1.165, 1.54) is 0 Å². The summed E-state index contributed by atoms with van der Waals surface area (Å²) in [6, 6.07) is 9.77. The van der Waals surface area contributed by atoms with Crippen molar-refractivity contribution in [3.05, 3.63) is 54.3 Å². The van der Waals surface area contributed by atoms with Crippen LogP contribution in [0.5, 0.6) is 0 Å². The van der Waals surface area contributed by atoms with Crippen LogP contribution in [-0.4, -0.2) is 6.21 Å². The summed E-state index contributed by atoms with van der Waals surface area (Å²) in [5.74, 6) is 0.372. The summed E-state index contributed by atoms with van der Waals surface area (Å²) in [5, 5.41) is 0. The molecule has 0 saturated carbocycles. The highest BCUT2D eigenvalue weighted by atomic mass is 14.7. The summed E-state index contributed by atoms with van der Waals surface area (Å²) in [6.07, 6.45) is 3.31. The molecule has 1 aromatic rings. The molecule has 0 heterocycles. The van der Waals surface area contributed by atoms with Gasteiger partial charge in [-0.25, -0.2) is 0 Å². The predicted molar refractivity (Wildman–Crippen MR) is 70.8 cm³/mol. The van der Waals surface area contributed by atoms with Crippen molar-refractivity contribution < 1.29 is 0 Å². The van der Waals surface area contributed by atoms with Gasteiger partial charge in [0.05, 0.1) is 5.69 Å². The molecule has 0 aromatic heterocycles. The van der Waals surface area contributed by atoms with Gasteiger partial charge in [0.25, 0.3) is 0 Å². The predicted octanol–water partition coefficient (Wildman–Crippen LogP) is 3.44. The molecule has 0 aliphatic rings. The van der Waals surface area contributed by atoms with E-state index in [0.717, 1.165) is 16.8 Å². The maximum Gasteiger partial charge on any atom is 0.0629 e. The fourth-order valence-corrected chi connectivity index (χ4v) is 1.22. The Balaban J connectivity index is 2.80. The minimum absolute atomic E-state index is 0.372. The van der Waals surface area contributed by atoms with Crippen LogP contribution in [0.25, 0.3) is 0 Å². The van der Waals surface area contributed by atoms with Gasteiger partial charge in [0, 0.05) is 18.0 Å². The van der Waals surface area contributed by atoms with Crippen LogP contribution in [0.15, 0.2) is 59.2 Å². The van der Waals surface area contributed by atoms with E-state index in [2.05, 4.69) is 25.4 Å². The Bertz CT molecular complexity index is 400. The zero-order valence-corrected chi connectivity index (χ0v) is 9.85. The Kier molecular flexibility index (Phi) is 4.52. The molecule has 0 fully saturated rings. The fraction of sp³-hybridized carbons (Fsp3) is 0.214. The number of nitrogens with zero attached hydrogens (tertiary/aromatic N) is 1. The number of rotatable bonds is 4. The number of hydrogen-bond donors (Lipinski definition) is 1. The smallest absolute Gasteiger partial charge is 0.0629 e. The van der Waals surface area contributed by atoms with E-state index in [1.807, 2.05) is 30.3 Å². The van der Waals surface area contributed by atoms with E-state index >= 15 is 0 Å². The van der Waals surface area contributed by atoms with Gasteiger partial charge in [0.15, 0.2) is 0 Å². The standard InChI is InChI=1S/C14H18N2/c1-11(2)12(3)13(9-15)10-16-14-7-5-4-6-8-14/h4-11H,3,15H2,1-2H3. The first kappa shape index (κ1) is 12.2. The lowest BCUT2D eigenvalue weighted by Gasteiger charge is -2.08. The van der Waals surface area contributed by atoms with Gasteiger partial charge in [-0.1, -0.05) is 38.6 Å². The molecule has 1 aromatic carbocycles. The monoisotopic (exact) mass is 214 g/mol. The van der Waals surface area contributed by atoms with Crippen molar-refractivity contribution in [1.82, 2.24) is 0 Å². The Labute approximate surface area is 97.2 Å². The summed E-state index contributed by atoms with van der Waals surface area (Å²) in [5.41, 5.74) is 8.37. The molecule has 0 spiro atoms. The molecule has 0 aliphatic heterocycles. The first-order valence-electron chi connectivity index (χ1n) is 5.35. The lowest BCUT2D eigenvalue weighted by molar-refractivity contribution is 0.789. The molecule has 0 bridgehead atoms. The second-order valence-electron chi connectivity index (χ2n) is 3.90. The van der Waals surface area contributed by atoms with E-state index in [9.17, 15) is 0 Å². The maximum absolute atomic E-state index is 5.56. The van der Waals surface area contributed by atoms with E-state index in [-0.39, 0.29) is 0 Å². The van der Waals surface area contributed by atoms with Crippen LogP contribution in [0, 0.1) is 5.92 Å². The van der Waals surface area contributed by atoms with Crippen molar-refractivity contribution in [2.75, 3.05) is 0 Å². The summed E-state index contributed by atoms with van der Waals surface area (Å²) in [7, 11) is 0. The van der Waals surface area contributed by atoms with Crippen molar-refractivity contribution in [1.29, 1.82) is 0 Å². The summed E-state index contributed by atoms with van der Waals surface area (Å²) in [6.45, 7) is 8.17. The lowest BCUT2D eigenvalue weighted by atomic mass is 9.98. The molecule has 0 aliphatic carbocycles. The zero-order valence-electron chi connectivity index (χ0n) is 9.85. The Morgan fingerprint density at radius 1 is 1.31 bits per heavy atom. The van der Waals surface area contributed by atoms with E-state index in [4.69, 9.17) is 5.73 Å². The minimum Gasteiger partial charge on any atom is -0.404 e. The Hall–Kier alpha value is -1.83. The molecule has 16 heavy (non-hydrogen) atoms. The average molecular weight is 214 g/mol. The van der Waals surface area contributed by atoms with Crippen LogP contribution in [0.1, 0.15) is 13.8 Å². The molecule has 0 saturated heterocycles. The minimum atomic E-state index is 0.372. The number of hydrogen-bond acceptors (Lipinski definition) is 2. The number of benzene rings is 1. The Morgan fingerprint density at radius 3 is 2.44 bits per heavy atom. The molecular weight excluding hydrogens is 196 g/mol. The summed E-state index contributed by atoms with van der Waals surface area (Å²) < 4.78 is 0. The van der Waals surface area contributed by atoms with Crippen LogP contribution in [0.2, 0.25) is 0 Å². The molecule has 0 unspecified atom stereocenters. The molecule has 1 rings (SSSR count). The molecule has 2 nitrogen and oxygen atoms in total. The van der Waals surface area contributed by atoms with Gasteiger partial charge in [0.1, 0.15) is 0 Å². The first-order valence-corrected chi connectivity index (χ1v) is 5.35. The zero-order chi connectivity index (χ0) is 12.0. The third-order valence-electron chi connectivity index (χ3n) is 2.36. The largest absolute Gasteiger partial charge is 0.404 e. The number of aliphatic imine (C=N–C) groups is 1. The lowest BCUT2D eigenvalue weighted by Crippen LogP contribution is -2.00. The molecule has 0 radical (unpaired) electrons. The molecule has 0 atom stereocenters. The van der Waals surface area contributed by atoms with Gasteiger partial charge in [-0.2, -0.15) is 0 Å². The fourth-order valence-electron chi connectivity index (χ4n) is 1.22. The van der Waals surface area contributed by atoms with Crippen LogP contribution < -0.4 is 5.73 Å². The first-order chi connectivity index (χ1) is 7.65. The number of nitrogens with two attached hydrogens (primary N) is 1. The maximum atomic E-state index is 5.56. The van der Waals surface area contributed by atoms with Crippen molar-refractivity contribution >= 4 is 11.9 Å². The van der Waals surface area contributed by atoms with E-state index in [0.29, 0.717) is 5.92 Å².